The van der Waals surface area contributed by atoms with E-state index in [1.165, 1.54) is 95.9 Å². The van der Waals surface area contributed by atoms with Gasteiger partial charge in [-0.05, 0) is 190 Å². The fourth-order valence-electron chi connectivity index (χ4n) is 17.2. The molecule has 4 aliphatic carbocycles. The smallest absolute Gasteiger partial charge is 0.194 e. The molecule has 0 bridgehead atoms. The van der Waals surface area contributed by atoms with E-state index < -0.39 is 10.8 Å². The van der Waals surface area contributed by atoms with Crippen molar-refractivity contribution in [1.29, 1.82) is 21.0 Å². The quantitative estimate of drug-likeness (QED) is 0.0302. The summed E-state index contributed by atoms with van der Waals surface area (Å²) in [6.45, 7) is 9.02. The molecule has 0 saturated carbocycles. The highest BCUT2D eigenvalue weighted by Gasteiger charge is 2.55. The molecule has 0 unspecified atom stereocenters. The number of ketones is 2. The van der Waals surface area contributed by atoms with E-state index in [4.69, 9.17) is 46.4 Å². The second kappa shape index (κ2) is 31.7. The van der Waals surface area contributed by atoms with Gasteiger partial charge >= 0.3 is 0 Å². The lowest BCUT2D eigenvalue weighted by Gasteiger charge is -2.36. The summed E-state index contributed by atoms with van der Waals surface area (Å²) in [6.07, 6.45) is 26.1. The van der Waals surface area contributed by atoms with Crippen molar-refractivity contribution in [2.45, 2.75) is 167 Å². The minimum atomic E-state index is -0.892. The Labute approximate surface area is 669 Å². The summed E-state index contributed by atoms with van der Waals surface area (Å²) in [4.78, 5) is 33.6. The number of carbonyl (C=O) groups excluding carboxylic acids is 2. The van der Waals surface area contributed by atoms with E-state index in [2.05, 4.69) is 173 Å². The molecule has 14 heteroatoms. The molecule has 0 fully saturated rings. The van der Waals surface area contributed by atoms with Crippen molar-refractivity contribution in [3.8, 4) is 45.2 Å². The normalized spacial score (nSPS) is 14.8. The van der Waals surface area contributed by atoms with Crippen LogP contribution in [0.2, 0.25) is 20.1 Å². The lowest BCUT2D eigenvalue weighted by molar-refractivity contribution is 0.103. The van der Waals surface area contributed by atoms with Gasteiger partial charge in [-0.2, -0.15) is 21.0 Å². The van der Waals surface area contributed by atoms with Crippen molar-refractivity contribution in [2.24, 2.45) is 0 Å². The van der Waals surface area contributed by atoms with Gasteiger partial charge < -0.3 is 0 Å². The molecule has 0 aliphatic heterocycles. The Balaban J connectivity index is 1.01. The van der Waals surface area contributed by atoms with Crippen molar-refractivity contribution in [3.63, 3.8) is 0 Å². The van der Waals surface area contributed by atoms with Gasteiger partial charge in [-0.15, -0.1) is 45.3 Å². The first-order valence-electron chi connectivity index (χ1n) is 38.0. The third kappa shape index (κ3) is 13.0. The number of Topliss-reactive ketones (excluding diaryl/α,β-unsaturated/α-hetero) is 2. The summed E-state index contributed by atoms with van der Waals surface area (Å²) >= 11 is 33.3. The van der Waals surface area contributed by atoms with E-state index in [1.807, 2.05) is 12.2 Å². The molecule has 6 nitrogen and oxygen atoms in total. The Hall–Kier alpha value is -8.72. The number of allylic oxidation sites excluding steroid dienone is 6. The van der Waals surface area contributed by atoms with Crippen LogP contribution in [0.25, 0.3) is 63.0 Å². The number of aryl methyl sites for hydroxylation is 4. The fraction of sp³-hybridized carbons (Fsp3) is 0.277. The lowest BCUT2D eigenvalue weighted by atomic mass is 9.65. The van der Waals surface area contributed by atoms with Crippen molar-refractivity contribution < 1.29 is 9.59 Å². The highest BCUT2D eigenvalue weighted by molar-refractivity contribution is 7.31. The minimum Gasteiger partial charge on any atom is -0.289 e. The van der Waals surface area contributed by atoms with Crippen LogP contribution in [0.1, 0.15) is 239 Å². The van der Waals surface area contributed by atoms with Gasteiger partial charge in [0.1, 0.15) is 35.4 Å². The van der Waals surface area contributed by atoms with Gasteiger partial charge in [0.25, 0.3) is 0 Å². The molecule has 0 radical (unpaired) electrons. The highest BCUT2D eigenvalue weighted by Crippen LogP contribution is 2.68. The lowest BCUT2D eigenvalue weighted by Crippen LogP contribution is -2.30. The first-order chi connectivity index (χ1) is 52.7. The number of hydrogen-bond acceptors (Lipinski definition) is 10. The van der Waals surface area contributed by atoms with Crippen LogP contribution in [0, 0.1) is 45.3 Å². The van der Waals surface area contributed by atoms with Gasteiger partial charge in [0.2, 0.25) is 0 Å². The van der Waals surface area contributed by atoms with Crippen LogP contribution in [0.4, 0.5) is 0 Å². The summed E-state index contributed by atoms with van der Waals surface area (Å²) in [5, 5.41) is 42.9. The van der Waals surface area contributed by atoms with Gasteiger partial charge in [-0.25, -0.2) is 0 Å². The van der Waals surface area contributed by atoms with Gasteiger partial charge in [0, 0.05) is 73.5 Å². The molecule has 4 aromatic heterocycles. The first-order valence-corrected chi connectivity index (χ1v) is 42.8. The Morgan fingerprint density at radius 1 is 0.361 bits per heavy atom. The summed E-state index contributed by atoms with van der Waals surface area (Å²) in [7, 11) is 0. The Kier molecular flexibility index (Phi) is 21.9. The van der Waals surface area contributed by atoms with Gasteiger partial charge in [-0.3, -0.25) is 9.59 Å². The number of fused-ring (bicyclic) bond motifs is 12. The van der Waals surface area contributed by atoms with Crippen LogP contribution in [0.3, 0.4) is 0 Å². The summed E-state index contributed by atoms with van der Waals surface area (Å²) < 4.78 is 4.28. The molecule has 4 aliphatic rings. The minimum absolute atomic E-state index is 0.183. The zero-order chi connectivity index (χ0) is 75.1. The molecule has 0 N–H and O–H groups in total. The number of unbranched alkanes of at least 4 members (excludes halogenated alkanes) is 12. The Morgan fingerprint density at radius 3 is 0.926 bits per heavy atom. The number of nitriles is 4. The maximum absolute atomic E-state index is 14.8. The maximum atomic E-state index is 14.8. The van der Waals surface area contributed by atoms with E-state index in [0.29, 0.717) is 22.3 Å². The van der Waals surface area contributed by atoms with Gasteiger partial charge in [-0.1, -0.05) is 248 Å². The van der Waals surface area contributed by atoms with Crippen LogP contribution in [0.15, 0.2) is 168 Å². The Bertz CT molecular complexity index is 5270. The predicted octanol–water partition coefficient (Wildman–Crippen LogP) is 28.2. The van der Waals surface area contributed by atoms with Crippen molar-refractivity contribution >= 4 is 145 Å². The topological polar surface area (TPSA) is 129 Å². The monoisotopic (exact) mass is 1560 g/mol. The fourth-order valence-corrected chi connectivity index (χ4v) is 23.3. The van der Waals surface area contributed by atoms with Crippen LogP contribution < -0.4 is 0 Å². The molecule has 0 spiro atoms. The van der Waals surface area contributed by atoms with Crippen LogP contribution in [0.5, 0.6) is 0 Å². The average Bonchev–Trinajstić information content (AvgIpc) is 1.49. The molecule has 0 saturated heterocycles. The molecule has 4 heterocycles. The van der Waals surface area contributed by atoms with Gasteiger partial charge in [0.15, 0.2) is 11.6 Å². The maximum Gasteiger partial charge on any atom is 0.194 e. The molecule has 0 atom stereocenters. The molecule has 0 amide bonds. The van der Waals surface area contributed by atoms with E-state index in [0.717, 1.165) is 149 Å². The highest BCUT2D eigenvalue weighted by atomic mass is 35.5. The molecular weight excluding hydrogens is 1490 g/mol. The number of carbonyl (C=O) groups is 2. The second-order valence-corrected chi connectivity index (χ2v) is 35.0. The molecule has 11 aromatic rings. The van der Waals surface area contributed by atoms with E-state index in [1.54, 1.807) is 69.6 Å². The average molecular weight is 1570 g/mol. The van der Waals surface area contributed by atoms with Crippen molar-refractivity contribution in [3.05, 3.63) is 287 Å². The number of benzene rings is 7. The first kappa shape index (κ1) is 74.7. The van der Waals surface area contributed by atoms with E-state index in [-0.39, 0.29) is 65.1 Å². The van der Waals surface area contributed by atoms with Crippen LogP contribution >= 0.6 is 91.8 Å². The SMILES string of the molecule is CCCCCCc1ccc(C2(c3ccc(CCCCCC)cc3)c3cc4c(cc3-c3sc5cc(/C=C6\C(=O)c7cc(Cl)c(Cl)cc7C6=C(C#N)C#N)sc5c32)C(c2ccc(CCCCCC)cc2)(c2ccc(CCCCCC)cc2)c2c-4sc3cc(/C=C4\C(=O)c5cc(Cl)c(Cl)cc5C4=C(C#N)C#N)sc23)cc1. The molecule has 7 aromatic carbocycles. The molecular formula is C94H78Cl4N4O2S4. The van der Waals surface area contributed by atoms with E-state index in [9.17, 15) is 30.6 Å². The molecule has 15 rings (SSSR count). The third-order valence-electron chi connectivity index (χ3n) is 22.5. The third-order valence-corrected chi connectivity index (χ3v) is 28.7. The van der Waals surface area contributed by atoms with Crippen molar-refractivity contribution in [2.75, 3.05) is 0 Å². The van der Waals surface area contributed by atoms with E-state index >= 15 is 0 Å². The van der Waals surface area contributed by atoms with Crippen LogP contribution in [-0.4, -0.2) is 11.6 Å². The molecule has 108 heavy (non-hydrogen) atoms. The van der Waals surface area contributed by atoms with Gasteiger partial charge in [0.05, 0.1) is 40.3 Å². The standard InChI is InChI=1S/C94H78Cl4N4O2S4/c1-5-9-13-17-21-55-25-33-61(34-26-55)93(62-35-27-56(28-36-62)22-18-14-10-6-2)75-45-72-76(46-71(75)89-85(93)91-81(107-89)43-65(105-91)41-73-83(59(51-99)52-100)67-47-77(95)79(97)49-69(67)87(73)103)94(63-37-29-57(30-38-63)23-19-15-11-7-3,64-39-31-58(32-40-64)24-20-16-12-8-4)86-90(72)108-82-44-66(106-92(82)86)42-74-84(60(53-101)54-102)68-48-78(96)80(98)50-70(68)88(74)104/h25-50H,5-24H2,1-4H3/b73-41-,74-42-. The number of thiophene rings is 4. The number of hydrogen-bond donors (Lipinski definition) is 0. The molecule has 538 valence electrons. The van der Waals surface area contributed by atoms with Crippen LogP contribution in [-0.2, 0) is 36.5 Å². The number of halogens is 4. The zero-order valence-corrected chi connectivity index (χ0v) is 67.2. The summed E-state index contributed by atoms with van der Waals surface area (Å²) in [5.74, 6) is -0.667. The summed E-state index contributed by atoms with van der Waals surface area (Å²) in [6, 6.07) is 62.1. The number of nitrogens with zero attached hydrogens (tertiary/aromatic N) is 4. The second-order valence-electron chi connectivity index (χ2n) is 29.1. The largest absolute Gasteiger partial charge is 0.289 e. The summed E-state index contributed by atoms with van der Waals surface area (Å²) in [5.41, 5.74) is 17.0. The Morgan fingerprint density at radius 2 is 0.648 bits per heavy atom. The zero-order valence-electron chi connectivity index (χ0n) is 60.9. The van der Waals surface area contributed by atoms with Crippen molar-refractivity contribution in [1.82, 2.24) is 0 Å². The number of rotatable bonds is 26. The predicted molar refractivity (Wildman–Crippen MR) is 453 cm³/mol.